The first-order chi connectivity index (χ1) is 11.6. The maximum Gasteiger partial charge on any atom is 0.307 e. The third-order valence-electron chi connectivity index (χ3n) is 3.67. The molecular formula is C18H25NO5. The van der Waals surface area contributed by atoms with Gasteiger partial charge in [-0.3, -0.25) is 9.59 Å². The van der Waals surface area contributed by atoms with E-state index < -0.39 is 0 Å². The van der Waals surface area contributed by atoms with E-state index in [0.29, 0.717) is 25.5 Å². The van der Waals surface area contributed by atoms with E-state index in [1.165, 1.54) is 0 Å². The lowest BCUT2D eigenvalue weighted by atomic mass is 10.3. The van der Waals surface area contributed by atoms with Crippen LogP contribution in [0.25, 0.3) is 0 Å². The van der Waals surface area contributed by atoms with Gasteiger partial charge in [0, 0.05) is 12.6 Å². The molecule has 0 aromatic heterocycles. The highest BCUT2D eigenvalue weighted by Crippen LogP contribution is 2.27. The molecular weight excluding hydrogens is 310 g/mol. The Hall–Kier alpha value is -2.24. The molecule has 6 heteroatoms. The zero-order valence-electron chi connectivity index (χ0n) is 14.3. The summed E-state index contributed by atoms with van der Waals surface area (Å²) < 4.78 is 15.8. The monoisotopic (exact) mass is 335 g/mol. The van der Waals surface area contributed by atoms with E-state index in [0.717, 1.165) is 18.6 Å². The second-order valence-electron chi connectivity index (χ2n) is 5.57. The second kappa shape index (κ2) is 9.15. The van der Waals surface area contributed by atoms with Crippen LogP contribution < -0.4 is 9.47 Å². The minimum atomic E-state index is -0.275. The third kappa shape index (κ3) is 5.76. The molecule has 24 heavy (non-hydrogen) atoms. The molecule has 0 atom stereocenters. The first-order valence-corrected chi connectivity index (χ1v) is 8.44. The van der Waals surface area contributed by atoms with Gasteiger partial charge in [0.1, 0.15) is 11.5 Å². The van der Waals surface area contributed by atoms with Gasteiger partial charge >= 0.3 is 5.97 Å². The Morgan fingerprint density at radius 1 is 1.04 bits per heavy atom. The summed E-state index contributed by atoms with van der Waals surface area (Å²) in [5, 5.41) is 0. The van der Waals surface area contributed by atoms with Crippen LogP contribution in [0.15, 0.2) is 24.3 Å². The van der Waals surface area contributed by atoms with Crippen molar-refractivity contribution in [2.45, 2.75) is 39.2 Å². The largest absolute Gasteiger partial charge is 0.494 e. The molecule has 0 radical (unpaired) electrons. The minimum Gasteiger partial charge on any atom is -0.494 e. The number of ether oxygens (including phenoxy) is 3. The van der Waals surface area contributed by atoms with Crippen LogP contribution in [-0.2, 0) is 14.3 Å². The fourth-order valence-corrected chi connectivity index (χ4v) is 2.37. The van der Waals surface area contributed by atoms with Gasteiger partial charge in [-0.2, -0.15) is 0 Å². The molecule has 0 heterocycles. The summed E-state index contributed by atoms with van der Waals surface area (Å²) >= 11 is 0. The van der Waals surface area contributed by atoms with Crippen LogP contribution in [0.2, 0.25) is 0 Å². The quantitative estimate of drug-likeness (QED) is 0.614. The van der Waals surface area contributed by atoms with Crippen molar-refractivity contribution >= 4 is 11.9 Å². The minimum absolute atomic E-state index is 0.0344. The van der Waals surface area contributed by atoms with Crippen molar-refractivity contribution < 1.29 is 23.8 Å². The number of hydrogen-bond acceptors (Lipinski definition) is 5. The van der Waals surface area contributed by atoms with Crippen LogP contribution >= 0.6 is 0 Å². The number of hydrogen-bond donors (Lipinski definition) is 0. The zero-order valence-corrected chi connectivity index (χ0v) is 14.3. The highest BCUT2D eigenvalue weighted by Gasteiger charge is 2.32. The molecule has 1 aliphatic carbocycles. The summed E-state index contributed by atoms with van der Waals surface area (Å²) in [6, 6.07) is 7.40. The summed E-state index contributed by atoms with van der Waals surface area (Å²) in [6.45, 7) is 5.01. The second-order valence-corrected chi connectivity index (χ2v) is 5.57. The lowest BCUT2D eigenvalue weighted by Crippen LogP contribution is -2.38. The molecule has 6 nitrogen and oxygen atoms in total. The lowest BCUT2D eigenvalue weighted by molar-refractivity contribution is -0.144. The summed E-state index contributed by atoms with van der Waals surface area (Å²) in [4.78, 5) is 25.6. The van der Waals surface area contributed by atoms with Crippen molar-refractivity contribution in [3.8, 4) is 11.5 Å². The van der Waals surface area contributed by atoms with Crippen LogP contribution in [0.5, 0.6) is 11.5 Å². The zero-order chi connectivity index (χ0) is 17.4. The molecule has 1 aromatic carbocycles. The van der Waals surface area contributed by atoms with E-state index in [9.17, 15) is 9.59 Å². The number of carbonyl (C=O) groups excluding carboxylic acids is 2. The van der Waals surface area contributed by atoms with Gasteiger partial charge in [-0.25, -0.2) is 0 Å². The first-order valence-electron chi connectivity index (χ1n) is 8.44. The van der Waals surface area contributed by atoms with Gasteiger partial charge in [0.05, 0.1) is 19.6 Å². The van der Waals surface area contributed by atoms with Crippen LogP contribution in [0.4, 0.5) is 0 Å². The van der Waals surface area contributed by atoms with E-state index in [1.807, 2.05) is 19.1 Å². The fourth-order valence-electron chi connectivity index (χ4n) is 2.37. The average Bonchev–Trinajstić information content (AvgIpc) is 3.40. The smallest absolute Gasteiger partial charge is 0.307 e. The van der Waals surface area contributed by atoms with Crippen LogP contribution in [-0.4, -0.2) is 49.2 Å². The maximum atomic E-state index is 12.4. The Labute approximate surface area is 142 Å². The van der Waals surface area contributed by atoms with Gasteiger partial charge in [-0.1, -0.05) is 0 Å². The Bertz CT molecular complexity index is 539. The number of amides is 1. The molecule has 0 spiro atoms. The van der Waals surface area contributed by atoms with Crippen molar-refractivity contribution in [3.05, 3.63) is 24.3 Å². The highest BCUT2D eigenvalue weighted by atomic mass is 16.5. The predicted molar refractivity (Wildman–Crippen MR) is 89.1 cm³/mol. The predicted octanol–water partition coefficient (Wildman–Crippen LogP) is 2.41. The molecule has 0 saturated heterocycles. The molecule has 132 valence electrons. The molecule has 1 fully saturated rings. The number of benzene rings is 1. The first kappa shape index (κ1) is 18.1. The van der Waals surface area contributed by atoms with E-state index in [1.54, 1.807) is 24.0 Å². The summed E-state index contributed by atoms with van der Waals surface area (Å²) in [5.41, 5.74) is 0. The molecule has 0 bridgehead atoms. The maximum absolute atomic E-state index is 12.4. The molecule has 0 aliphatic heterocycles. The summed E-state index contributed by atoms with van der Waals surface area (Å²) in [6.07, 6.45) is 2.19. The van der Waals surface area contributed by atoms with Crippen molar-refractivity contribution in [2.24, 2.45) is 0 Å². The molecule has 1 aliphatic rings. The van der Waals surface area contributed by atoms with Crippen molar-refractivity contribution in [3.63, 3.8) is 0 Å². The lowest BCUT2D eigenvalue weighted by Gasteiger charge is -2.22. The van der Waals surface area contributed by atoms with Gasteiger partial charge in [0.15, 0.2) is 6.61 Å². The Kier molecular flexibility index (Phi) is 6.90. The number of rotatable bonds is 10. The van der Waals surface area contributed by atoms with E-state index >= 15 is 0 Å². The van der Waals surface area contributed by atoms with Gasteiger partial charge in [0.25, 0.3) is 5.91 Å². The number of nitrogens with zero attached hydrogens (tertiary/aromatic N) is 1. The van der Waals surface area contributed by atoms with Crippen LogP contribution in [0.1, 0.15) is 33.1 Å². The molecule has 1 amide bonds. The fraction of sp³-hybridized carbons (Fsp3) is 0.556. The van der Waals surface area contributed by atoms with E-state index in [-0.39, 0.29) is 30.9 Å². The topological polar surface area (TPSA) is 65.1 Å². The molecule has 1 aromatic rings. The van der Waals surface area contributed by atoms with Gasteiger partial charge < -0.3 is 19.1 Å². The van der Waals surface area contributed by atoms with Gasteiger partial charge in [-0.05, 0) is 51.0 Å². The molecule has 2 rings (SSSR count). The number of esters is 1. The summed E-state index contributed by atoms with van der Waals surface area (Å²) in [7, 11) is 0. The Morgan fingerprint density at radius 3 is 2.21 bits per heavy atom. The average molecular weight is 335 g/mol. The SMILES string of the molecule is CCOC(=O)CCN(C(=O)COc1ccc(OCC)cc1)C1CC1. The van der Waals surface area contributed by atoms with Crippen molar-refractivity contribution in [1.82, 2.24) is 4.90 Å². The molecule has 1 saturated carbocycles. The van der Waals surface area contributed by atoms with Crippen molar-refractivity contribution in [1.29, 1.82) is 0 Å². The standard InChI is InChI=1S/C18H25NO5/c1-3-22-15-7-9-16(10-8-15)24-13-17(20)19(14-5-6-14)12-11-18(21)23-4-2/h7-10,14H,3-6,11-13H2,1-2H3. The van der Waals surface area contributed by atoms with Crippen molar-refractivity contribution in [2.75, 3.05) is 26.4 Å². The Balaban J connectivity index is 1.81. The van der Waals surface area contributed by atoms with Gasteiger partial charge in [-0.15, -0.1) is 0 Å². The normalized spacial score (nSPS) is 13.2. The van der Waals surface area contributed by atoms with Gasteiger partial charge in [0.2, 0.25) is 0 Å². The highest BCUT2D eigenvalue weighted by molar-refractivity contribution is 5.79. The van der Waals surface area contributed by atoms with Crippen LogP contribution in [0.3, 0.4) is 0 Å². The molecule has 0 unspecified atom stereocenters. The van der Waals surface area contributed by atoms with E-state index in [2.05, 4.69) is 0 Å². The number of carbonyl (C=O) groups is 2. The summed E-state index contributed by atoms with van der Waals surface area (Å²) in [5.74, 6) is 1.01. The molecule has 0 N–H and O–H groups in total. The van der Waals surface area contributed by atoms with E-state index in [4.69, 9.17) is 14.2 Å². The van der Waals surface area contributed by atoms with Crippen LogP contribution in [0, 0.1) is 0 Å². The third-order valence-corrected chi connectivity index (χ3v) is 3.67. The Morgan fingerprint density at radius 2 is 1.67 bits per heavy atom.